The quantitative estimate of drug-likeness (QED) is 0.554. The molecule has 132 valence electrons. The van der Waals surface area contributed by atoms with Crippen LogP contribution in [-0.2, 0) is 14.2 Å². The summed E-state index contributed by atoms with van der Waals surface area (Å²) in [4.78, 5) is 14.5. The van der Waals surface area contributed by atoms with Crippen LogP contribution in [0.1, 0.15) is 52.9 Å². The molecular weight excluding hydrogens is 294 g/mol. The first-order valence-corrected chi connectivity index (χ1v) is 8.68. The lowest BCUT2D eigenvalue weighted by molar-refractivity contribution is -0.00192. The van der Waals surface area contributed by atoms with Crippen molar-refractivity contribution in [3.05, 3.63) is 11.6 Å². The van der Waals surface area contributed by atoms with Crippen molar-refractivity contribution in [3.8, 4) is 0 Å². The fourth-order valence-electron chi connectivity index (χ4n) is 3.35. The summed E-state index contributed by atoms with van der Waals surface area (Å²) >= 11 is 0. The third-order valence-corrected chi connectivity index (χ3v) is 4.32. The molecule has 1 amide bonds. The minimum atomic E-state index is -0.440. The molecule has 0 radical (unpaired) electrons. The number of amides is 1. The fraction of sp³-hybridized carbons (Fsp3) is 0.833. The van der Waals surface area contributed by atoms with Gasteiger partial charge in [0.15, 0.2) is 0 Å². The Balaban J connectivity index is 1.92. The highest BCUT2D eigenvalue weighted by Gasteiger charge is 2.38. The van der Waals surface area contributed by atoms with Gasteiger partial charge in [-0.3, -0.25) is 4.90 Å². The van der Waals surface area contributed by atoms with Crippen LogP contribution in [-0.4, -0.2) is 55.6 Å². The van der Waals surface area contributed by atoms with E-state index in [0.717, 1.165) is 32.3 Å². The van der Waals surface area contributed by atoms with Gasteiger partial charge in [-0.25, -0.2) is 4.79 Å². The number of ether oxygens (including phenoxy) is 3. The van der Waals surface area contributed by atoms with E-state index in [4.69, 9.17) is 14.2 Å². The van der Waals surface area contributed by atoms with Crippen LogP contribution in [0.2, 0.25) is 0 Å². The summed E-state index contributed by atoms with van der Waals surface area (Å²) in [6.07, 6.45) is 7.27. The standard InChI is InChI=1S/C18H31NO4/c1-18(2,3)23-17(20)19-15-6-5-7-16(19)13-14(12-15)8-9-22-11-10-21-4/h12,15-16H,5-11,13H2,1-4H3. The van der Waals surface area contributed by atoms with Gasteiger partial charge in [-0.1, -0.05) is 11.6 Å². The van der Waals surface area contributed by atoms with Crippen LogP contribution in [0.3, 0.4) is 0 Å². The molecule has 0 aliphatic carbocycles. The van der Waals surface area contributed by atoms with Crippen LogP contribution >= 0.6 is 0 Å². The summed E-state index contributed by atoms with van der Waals surface area (Å²) in [5.41, 5.74) is 0.974. The lowest BCUT2D eigenvalue weighted by Crippen LogP contribution is -2.53. The summed E-state index contributed by atoms with van der Waals surface area (Å²) < 4.78 is 16.1. The molecule has 0 N–H and O–H groups in total. The zero-order valence-corrected chi connectivity index (χ0v) is 15.0. The lowest BCUT2D eigenvalue weighted by atomic mass is 9.84. The van der Waals surface area contributed by atoms with E-state index in [2.05, 4.69) is 6.08 Å². The number of fused-ring (bicyclic) bond motifs is 2. The maximum atomic E-state index is 12.5. The highest BCUT2D eigenvalue weighted by atomic mass is 16.6. The van der Waals surface area contributed by atoms with Gasteiger partial charge in [0.05, 0.1) is 25.9 Å². The first-order valence-electron chi connectivity index (χ1n) is 8.68. The van der Waals surface area contributed by atoms with Crippen molar-refractivity contribution in [2.45, 2.75) is 70.6 Å². The molecule has 2 bridgehead atoms. The Kier molecular flexibility index (Phi) is 6.48. The van der Waals surface area contributed by atoms with Gasteiger partial charge in [0, 0.05) is 13.2 Å². The van der Waals surface area contributed by atoms with E-state index in [-0.39, 0.29) is 18.2 Å². The van der Waals surface area contributed by atoms with Gasteiger partial charge in [0.2, 0.25) is 0 Å². The van der Waals surface area contributed by atoms with Gasteiger partial charge in [0.1, 0.15) is 5.60 Å². The summed E-state index contributed by atoms with van der Waals surface area (Å²) in [5, 5.41) is 0. The Morgan fingerprint density at radius 2 is 2.04 bits per heavy atom. The Morgan fingerprint density at radius 1 is 1.26 bits per heavy atom. The van der Waals surface area contributed by atoms with E-state index in [1.54, 1.807) is 7.11 Å². The number of carbonyl (C=O) groups excluding carboxylic acids is 1. The van der Waals surface area contributed by atoms with E-state index < -0.39 is 5.60 Å². The average molecular weight is 325 g/mol. The summed E-state index contributed by atoms with van der Waals surface area (Å²) in [7, 11) is 1.68. The van der Waals surface area contributed by atoms with Crippen molar-refractivity contribution in [1.29, 1.82) is 0 Å². The Hall–Kier alpha value is -1.07. The zero-order chi connectivity index (χ0) is 16.9. The molecule has 1 saturated heterocycles. The molecule has 2 atom stereocenters. The third-order valence-electron chi connectivity index (χ3n) is 4.32. The normalized spacial score (nSPS) is 24.3. The maximum absolute atomic E-state index is 12.5. The summed E-state index contributed by atoms with van der Waals surface area (Å²) in [5.74, 6) is 0. The molecule has 2 aliphatic rings. The summed E-state index contributed by atoms with van der Waals surface area (Å²) in [6, 6.07) is 0.467. The Bertz CT molecular complexity index is 427. The van der Waals surface area contributed by atoms with Crippen LogP contribution < -0.4 is 0 Å². The second-order valence-corrected chi connectivity index (χ2v) is 7.42. The number of piperidine rings is 1. The van der Waals surface area contributed by atoms with Crippen LogP contribution in [0.25, 0.3) is 0 Å². The maximum Gasteiger partial charge on any atom is 0.411 e. The molecule has 5 heteroatoms. The van der Waals surface area contributed by atoms with E-state index in [9.17, 15) is 4.79 Å². The van der Waals surface area contributed by atoms with Gasteiger partial charge >= 0.3 is 6.09 Å². The largest absolute Gasteiger partial charge is 0.444 e. The molecule has 5 nitrogen and oxygen atoms in total. The van der Waals surface area contributed by atoms with Gasteiger partial charge in [-0.2, -0.15) is 0 Å². The Labute approximate surface area is 140 Å². The lowest BCUT2D eigenvalue weighted by Gasteiger charge is -2.45. The van der Waals surface area contributed by atoms with Crippen molar-refractivity contribution in [3.63, 3.8) is 0 Å². The number of nitrogens with zero attached hydrogens (tertiary/aromatic N) is 1. The predicted molar refractivity (Wildman–Crippen MR) is 89.5 cm³/mol. The van der Waals surface area contributed by atoms with Gasteiger partial charge in [0.25, 0.3) is 0 Å². The van der Waals surface area contributed by atoms with E-state index in [0.29, 0.717) is 13.2 Å². The first-order chi connectivity index (χ1) is 10.9. The molecule has 23 heavy (non-hydrogen) atoms. The second-order valence-electron chi connectivity index (χ2n) is 7.42. The van der Waals surface area contributed by atoms with E-state index in [1.807, 2.05) is 25.7 Å². The van der Waals surface area contributed by atoms with Crippen molar-refractivity contribution >= 4 is 6.09 Å². The molecule has 0 spiro atoms. The van der Waals surface area contributed by atoms with Gasteiger partial charge in [-0.15, -0.1) is 0 Å². The number of carbonyl (C=O) groups is 1. The van der Waals surface area contributed by atoms with Crippen LogP contribution in [0.15, 0.2) is 11.6 Å². The highest BCUT2D eigenvalue weighted by molar-refractivity contribution is 5.70. The average Bonchev–Trinajstić information content (AvgIpc) is 2.44. The topological polar surface area (TPSA) is 48.0 Å². The molecule has 2 unspecified atom stereocenters. The van der Waals surface area contributed by atoms with Crippen molar-refractivity contribution < 1.29 is 19.0 Å². The van der Waals surface area contributed by atoms with Gasteiger partial charge in [-0.05, 0) is 52.9 Å². The fourth-order valence-corrected chi connectivity index (χ4v) is 3.35. The van der Waals surface area contributed by atoms with Crippen molar-refractivity contribution in [2.24, 2.45) is 0 Å². The third kappa shape index (κ3) is 5.50. The van der Waals surface area contributed by atoms with E-state index >= 15 is 0 Å². The second kappa shape index (κ2) is 8.15. The SMILES string of the molecule is COCCOCCC1=CC2CCCC(C1)N2C(=O)OC(C)(C)C. The molecule has 2 aliphatic heterocycles. The van der Waals surface area contributed by atoms with Crippen molar-refractivity contribution in [2.75, 3.05) is 26.9 Å². The van der Waals surface area contributed by atoms with Crippen LogP contribution in [0.4, 0.5) is 4.79 Å². The van der Waals surface area contributed by atoms with Gasteiger partial charge < -0.3 is 14.2 Å². The number of hydrogen-bond donors (Lipinski definition) is 0. The zero-order valence-electron chi connectivity index (χ0n) is 15.0. The molecule has 0 aromatic heterocycles. The molecule has 0 saturated carbocycles. The molecule has 2 heterocycles. The summed E-state index contributed by atoms with van der Waals surface area (Å²) in [6.45, 7) is 7.76. The van der Waals surface area contributed by atoms with Crippen LogP contribution in [0.5, 0.6) is 0 Å². The van der Waals surface area contributed by atoms with Crippen LogP contribution in [0, 0.1) is 0 Å². The monoisotopic (exact) mass is 325 g/mol. The molecular formula is C18H31NO4. The minimum Gasteiger partial charge on any atom is -0.444 e. The molecule has 0 aromatic rings. The molecule has 1 fully saturated rings. The highest BCUT2D eigenvalue weighted by Crippen LogP contribution is 2.35. The minimum absolute atomic E-state index is 0.168. The number of rotatable bonds is 6. The molecule has 2 rings (SSSR count). The number of hydrogen-bond acceptors (Lipinski definition) is 4. The molecule has 0 aromatic carbocycles. The Morgan fingerprint density at radius 3 is 2.70 bits per heavy atom. The smallest absolute Gasteiger partial charge is 0.411 e. The predicted octanol–water partition coefficient (Wildman–Crippen LogP) is 3.53. The number of methoxy groups -OCH3 is 1. The van der Waals surface area contributed by atoms with E-state index in [1.165, 1.54) is 12.0 Å². The van der Waals surface area contributed by atoms with Crippen molar-refractivity contribution in [1.82, 2.24) is 4.90 Å². The first kappa shape index (κ1) is 18.3.